The van der Waals surface area contributed by atoms with Crippen molar-refractivity contribution in [3.63, 3.8) is 0 Å². The quantitative estimate of drug-likeness (QED) is 0.703. The normalized spacial score (nSPS) is 18.4. The lowest BCUT2D eigenvalue weighted by atomic mass is 9.74. The topological polar surface area (TPSA) is 86.4 Å². The van der Waals surface area contributed by atoms with Crippen LogP contribution >= 0.6 is 0 Å². The highest BCUT2D eigenvalue weighted by Gasteiger charge is 2.47. The summed E-state index contributed by atoms with van der Waals surface area (Å²) in [6.07, 6.45) is 4.36. The van der Waals surface area contributed by atoms with E-state index in [1.54, 1.807) is 6.33 Å². The van der Waals surface area contributed by atoms with Crippen molar-refractivity contribution in [1.82, 2.24) is 14.9 Å². The van der Waals surface area contributed by atoms with E-state index in [1.165, 1.54) is 10.6 Å². The number of fused-ring (bicyclic) bond motifs is 3. The smallest absolute Gasteiger partial charge is 0.253 e. The number of aromatic amines is 1. The minimum Gasteiger partial charge on any atom is -0.345 e. The number of piperidine rings is 1. The van der Waals surface area contributed by atoms with Gasteiger partial charge in [0.2, 0.25) is 10.0 Å². The molecule has 1 aromatic heterocycles. The molecule has 1 fully saturated rings. The number of rotatable bonds is 2. The maximum atomic E-state index is 13.0. The number of benzene rings is 2. The van der Waals surface area contributed by atoms with Crippen molar-refractivity contribution in [2.24, 2.45) is 0 Å². The minimum absolute atomic E-state index is 0.00370. The van der Waals surface area contributed by atoms with Crippen molar-refractivity contribution < 1.29 is 13.2 Å². The SMILES string of the molecule is CS(=O)(=O)N1CC2(CCN(C(=O)c3ccc4[nH]cnc4c3)CC2)c2ccccc21. The maximum Gasteiger partial charge on any atom is 0.253 e. The van der Waals surface area contributed by atoms with Crippen LogP contribution in [0.1, 0.15) is 28.8 Å². The highest BCUT2D eigenvalue weighted by molar-refractivity contribution is 7.92. The van der Waals surface area contributed by atoms with Gasteiger partial charge in [0.15, 0.2) is 0 Å². The Morgan fingerprint density at radius 3 is 2.66 bits per heavy atom. The molecule has 150 valence electrons. The molecule has 1 spiro atoms. The van der Waals surface area contributed by atoms with E-state index in [-0.39, 0.29) is 11.3 Å². The van der Waals surface area contributed by atoms with Gasteiger partial charge in [-0.25, -0.2) is 13.4 Å². The Balaban J connectivity index is 1.39. The number of anilines is 1. The van der Waals surface area contributed by atoms with Crippen molar-refractivity contribution in [2.75, 3.05) is 30.2 Å². The third-order valence-corrected chi connectivity index (χ3v) is 7.39. The van der Waals surface area contributed by atoms with Crippen molar-refractivity contribution in [3.05, 3.63) is 59.9 Å². The summed E-state index contributed by atoms with van der Waals surface area (Å²) in [4.78, 5) is 22.2. The van der Waals surface area contributed by atoms with Gasteiger partial charge >= 0.3 is 0 Å². The number of hydrogen-bond acceptors (Lipinski definition) is 4. The van der Waals surface area contributed by atoms with Gasteiger partial charge in [0.1, 0.15) is 0 Å². The number of amides is 1. The van der Waals surface area contributed by atoms with Gasteiger partial charge < -0.3 is 9.88 Å². The van der Waals surface area contributed by atoms with E-state index < -0.39 is 10.0 Å². The number of nitrogens with zero attached hydrogens (tertiary/aromatic N) is 3. The van der Waals surface area contributed by atoms with Crippen LogP contribution in [0.3, 0.4) is 0 Å². The summed E-state index contributed by atoms with van der Waals surface area (Å²) < 4.78 is 26.2. The Morgan fingerprint density at radius 1 is 1.14 bits per heavy atom. The van der Waals surface area contributed by atoms with Crippen LogP contribution in [0.2, 0.25) is 0 Å². The van der Waals surface area contributed by atoms with E-state index in [9.17, 15) is 13.2 Å². The largest absolute Gasteiger partial charge is 0.345 e. The minimum atomic E-state index is -3.34. The lowest BCUT2D eigenvalue weighted by Crippen LogP contribution is -2.47. The first-order valence-electron chi connectivity index (χ1n) is 9.67. The van der Waals surface area contributed by atoms with Crippen LogP contribution in [0.25, 0.3) is 11.0 Å². The molecule has 29 heavy (non-hydrogen) atoms. The molecule has 2 aliphatic rings. The summed E-state index contributed by atoms with van der Waals surface area (Å²) in [5.74, 6) is -0.00370. The number of nitrogens with one attached hydrogen (secondary N) is 1. The van der Waals surface area contributed by atoms with Gasteiger partial charge in [-0.1, -0.05) is 18.2 Å². The van der Waals surface area contributed by atoms with Gasteiger partial charge in [-0.05, 0) is 42.7 Å². The fourth-order valence-corrected chi connectivity index (χ4v) is 5.69. The summed E-state index contributed by atoms with van der Waals surface area (Å²) in [5.41, 5.74) is 3.93. The first kappa shape index (κ1) is 18.2. The van der Waals surface area contributed by atoms with Crippen LogP contribution in [-0.4, -0.2) is 55.1 Å². The Morgan fingerprint density at radius 2 is 1.90 bits per heavy atom. The average molecular weight is 410 g/mol. The zero-order chi connectivity index (χ0) is 20.2. The molecule has 0 aliphatic carbocycles. The standard InChI is InChI=1S/C21H22N4O3S/c1-29(27,28)25-13-21(16-4-2-3-5-19(16)25)8-10-24(11-9-21)20(26)15-6-7-17-18(12-15)23-14-22-17/h2-7,12,14H,8-11,13H2,1H3,(H,22,23). The number of para-hydroxylation sites is 1. The Kier molecular flexibility index (Phi) is 3.96. The zero-order valence-corrected chi connectivity index (χ0v) is 16.9. The number of hydrogen-bond donors (Lipinski definition) is 1. The second kappa shape index (κ2) is 6.32. The number of carbonyl (C=O) groups excluding carboxylic acids is 1. The molecule has 3 heterocycles. The Bertz CT molecular complexity index is 1210. The third kappa shape index (κ3) is 2.90. The molecule has 0 atom stereocenters. The van der Waals surface area contributed by atoms with Crippen LogP contribution in [0.15, 0.2) is 48.8 Å². The first-order chi connectivity index (χ1) is 13.9. The number of H-pyrrole nitrogens is 1. The molecule has 3 aromatic rings. The van der Waals surface area contributed by atoms with E-state index in [2.05, 4.69) is 9.97 Å². The predicted octanol–water partition coefficient (Wildman–Crippen LogP) is 2.52. The molecule has 2 aromatic carbocycles. The molecule has 1 N–H and O–H groups in total. The lowest BCUT2D eigenvalue weighted by molar-refractivity contribution is 0.0675. The molecular weight excluding hydrogens is 388 g/mol. The monoisotopic (exact) mass is 410 g/mol. The van der Waals surface area contributed by atoms with Crippen LogP contribution in [-0.2, 0) is 15.4 Å². The average Bonchev–Trinajstić information content (AvgIpc) is 3.31. The van der Waals surface area contributed by atoms with Crippen LogP contribution < -0.4 is 4.31 Å². The van der Waals surface area contributed by atoms with E-state index >= 15 is 0 Å². The van der Waals surface area contributed by atoms with E-state index in [4.69, 9.17) is 0 Å². The second-order valence-corrected chi connectivity index (χ2v) is 9.90. The van der Waals surface area contributed by atoms with Crippen LogP contribution in [0.5, 0.6) is 0 Å². The molecule has 2 aliphatic heterocycles. The molecule has 5 rings (SSSR count). The van der Waals surface area contributed by atoms with Crippen molar-refractivity contribution in [3.8, 4) is 0 Å². The summed E-state index contributed by atoms with van der Waals surface area (Å²) >= 11 is 0. The number of carbonyl (C=O) groups is 1. The second-order valence-electron chi connectivity index (χ2n) is 7.99. The molecule has 0 saturated carbocycles. The zero-order valence-electron chi connectivity index (χ0n) is 16.1. The maximum absolute atomic E-state index is 13.0. The number of likely N-dealkylation sites (tertiary alicyclic amines) is 1. The summed E-state index contributed by atoms with van der Waals surface area (Å²) in [7, 11) is -3.34. The number of imidazole rings is 1. The highest BCUT2D eigenvalue weighted by Crippen LogP contribution is 2.47. The molecular formula is C21H22N4O3S. The molecule has 8 heteroatoms. The van der Waals surface area contributed by atoms with Gasteiger partial charge in [-0.15, -0.1) is 0 Å². The predicted molar refractivity (Wildman–Crippen MR) is 112 cm³/mol. The molecule has 7 nitrogen and oxygen atoms in total. The van der Waals surface area contributed by atoms with E-state index in [0.29, 0.717) is 25.2 Å². The fourth-order valence-electron chi connectivity index (χ4n) is 4.69. The lowest BCUT2D eigenvalue weighted by Gasteiger charge is -2.39. The fraction of sp³-hybridized carbons (Fsp3) is 0.333. The van der Waals surface area contributed by atoms with Gasteiger partial charge in [-0.2, -0.15) is 0 Å². The Labute approximate surface area is 169 Å². The van der Waals surface area contributed by atoms with Gasteiger partial charge in [0, 0.05) is 30.6 Å². The van der Waals surface area contributed by atoms with Crippen LogP contribution in [0.4, 0.5) is 5.69 Å². The van der Waals surface area contributed by atoms with Gasteiger partial charge in [0.05, 0.1) is 29.3 Å². The molecule has 1 saturated heterocycles. The summed E-state index contributed by atoms with van der Waals surface area (Å²) in [5, 5.41) is 0. The Hall–Kier alpha value is -2.87. The summed E-state index contributed by atoms with van der Waals surface area (Å²) in [6.45, 7) is 1.65. The number of aromatic nitrogens is 2. The van der Waals surface area contributed by atoms with Crippen LogP contribution in [0, 0.1) is 0 Å². The molecule has 0 radical (unpaired) electrons. The van der Waals surface area contributed by atoms with Gasteiger partial charge in [-0.3, -0.25) is 9.10 Å². The highest BCUT2D eigenvalue weighted by atomic mass is 32.2. The van der Waals surface area contributed by atoms with Crippen molar-refractivity contribution in [2.45, 2.75) is 18.3 Å². The van der Waals surface area contributed by atoms with E-state index in [1.807, 2.05) is 47.4 Å². The third-order valence-electron chi connectivity index (χ3n) is 6.27. The van der Waals surface area contributed by atoms with Crippen molar-refractivity contribution in [1.29, 1.82) is 0 Å². The number of sulfonamides is 1. The first-order valence-corrected chi connectivity index (χ1v) is 11.5. The van der Waals surface area contributed by atoms with E-state index in [0.717, 1.165) is 35.1 Å². The summed E-state index contributed by atoms with van der Waals surface area (Å²) in [6, 6.07) is 13.3. The molecule has 0 unspecified atom stereocenters. The van der Waals surface area contributed by atoms with Gasteiger partial charge in [0.25, 0.3) is 5.91 Å². The molecule has 0 bridgehead atoms. The van der Waals surface area contributed by atoms with Crippen molar-refractivity contribution >= 4 is 32.7 Å². The molecule has 1 amide bonds.